The summed E-state index contributed by atoms with van der Waals surface area (Å²) in [6.45, 7) is 4.79. The highest BCUT2D eigenvalue weighted by Crippen LogP contribution is 2.23. The number of aromatic nitrogens is 2. The molecule has 0 bridgehead atoms. The second-order valence-electron chi connectivity index (χ2n) is 6.89. The van der Waals surface area contributed by atoms with Crippen LogP contribution in [-0.4, -0.2) is 30.7 Å². The van der Waals surface area contributed by atoms with Crippen LogP contribution in [0.1, 0.15) is 29.8 Å². The molecule has 1 atom stereocenters. The fourth-order valence-electron chi connectivity index (χ4n) is 3.10. The Bertz CT molecular complexity index is 909. The zero-order valence-corrected chi connectivity index (χ0v) is 17.4. The van der Waals surface area contributed by atoms with Gasteiger partial charge >= 0.3 is 0 Å². The number of benzene rings is 2. The SMILES string of the molecule is COc1cc(CCNc2nc(C)cc(N[C@@H](C)c3ccccc3)n2)cc(OC)c1. The lowest BCUT2D eigenvalue weighted by atomic mass is 10.1. The van der Waals surface area contributed by atoms with Crippen LogP contribution in [0.4, 0.5) is 11.8 Å². The summed E-state index contributed by atoms with van der Waals surface area (Å²) in [5.41, 5.74) is 3.25. The van der Waals surface area contributed by atoms with E-state index in [0.717, 1.165) is 35.0 Å². The molecular formula is C23H28N4O2. The molecule has 0 spiro atoms. The molecule has 2 N–H and O–H groups in total. The molecule has 0 unspecified atom stereocenters. The summed E-state index contributed by atoms with van der Waals surface area (Å²) in [5, 5.41) is 6.77. The lowest BCUT2D eigenvalue weighted by Crippen LogP contribution is -2.12. The molecule has 3 aromatic rings. The van der Waals surface area contributed by atoms with E-state index in [9.17, 15) is 0 Å². The highest BCUT2D eigenvalue weighted by atomic mass is 16.5. The number of aryl methyl sites for hydroxylation is 1. The third-order valence-corrected chi connectivity index (χ3v) is 4.63. The molecule has 3 rings (SSSR count). The van der Waals surface area contributed by atoms with Crippen LogP contribution in [0.5, 0.6) is 11.5 Å². The molecule has 1 aromatic heterocycles. The van der Waals surface area contributed by atoms with Gasteiger partial charge in [-0.1, -0.05) is 30.3 Å². The van der Waals surface area contributed by atoms with E-state index in [0.29, 0.717) is 12.5 Å². The monoisotopic (exact) mass is 392 g/mol. The smallest absolute Gasteiger partial charge is 0.224 e. The largest absolute Gasteiger partial charge is 0.497 e. The Morgan fingerprint density at radius 3 is 2.28 bits per heavy atom. The lowest BCUT2D eigenvalue weighted by Gasteiger charge is -2.16. The first kappa shape index (κ1) is 20.5. The van der Waals surface area contributed by atoms with Gasteiger partial charge in [0.15, 0.2) is 0 Å². The van der Waals surface area contributed by atoms with Crippen molar-refractivity contribution in [3.63, 3.8) is 0 Å². The molecule has 6 heteroatoms. The minimum absolute atomic E-state index is 0.155. The van der Waals surface area contributed by atoms with Crippen molar-refractivity contribution in [3.05, 3.63) is 71.4 Å². The molecule has 0 amide bonds. The van der Waals surface area contributed by atoms with Crippen molar-refractivity contribution >= 4 is 11.8 Å². The van der Waals surface area contributed by atoms with Crippen molar-refractivity contribution < 1.29 is 9.47 Å². The van der Waals surface area contributed by atoms with Crippen LogP contribution in [-0.2, 0) is 6.42 Å². The van der Waals surface area contributed by atoms with E-state index in [4.69, 9.17) is 9.47 Å². The summed E-state index contributed by atoms with van der Waals surface area (Å²) < 4.78 is 10.7. The lowest BCUT2D eigenvalue weighted by molar-refractivity contribution is 0.393. The summed E-state index contributed by atoms with van der Waals surface area (Å²) in [6.07, 6.45) is 0.800. The maximum absolute atomic E-state index is 5.33. The Hall–Kier alpha value is -3.28. The Kier molecular flexibility index (Phi) is 6.89. The highest BCUT2D eigenvalue weighted by Gasteiger charge is 2.08. The van der Waals surface area contributed by atoms with Gasteiger partial charge in [0.2, 0.25) is 5.95 Å². The quantitative estimate of drug-likeness (QED) is 0.553. The van der Waals surface area contributed by atoms with Gasteiger partial charge in [0.05, 0.1) is 14.2 Å². The number of methoxy groups -OCH3 is 2. The van der Waals surface area contributed by atoms with Crippen LogP contribution < -0.4 is 20.1 Å². The molecule has 2 aromatic carbocycles. The summed E-state index contributed by atoms with van der Waals surface area (Å²) in [7, 11) is 3.31. The molecule has 0 radical (unpaired) electrons. The maximum atomic E-state index is 5.33. The molecule has 0 saturated heterocycles. The van der Waals surface area contributed by atoms with E-state index >= 15 is 0 Å². The van der Waals surface area contributed by atoms with Gasteiger partial charge in [-0.15, -0.1) is 0 Å². The number of rotatable bonds is 9. The first-order chi connectivity index (χ1) is 14.1. The minimum Gasteiger partial charge on any atom is -0.497 e. The number of nitrogens with zero attached hydrogens (tertiary/aromatic N) is 2. The van der Waals surface area contributed by atoms with Crippen LogP contribution in [0.25, 0.3) is 0 Å². The topological polar surface area (TPSA) is 68.3 Å². The van der Waals surface area contributed by atoms with Crippen LogP contribution in [0, 0.1) is 6.92 Å². The van der Waals surface area contributed by atoms with Crippen LogP contribution in [0.3, 0.4) is 0 Å². The predicted molar refractivity (Wildman–Crippen MR) is 117 cm³/mol. The van der Waals surface area contributed by atoms with Crippen molar-refractivity contribution in [2.45, 2.75) is 26.3 Å². The molecular weight excluding hydrogens is 364 g/mol. The van der Waals surface area contributed by atoms with E-state index in [1.165, 1.54) is 5.56 Å². The first-order valence-electron chi connectivity index (χ1n) is 9.70. The van der Waals surface area contributed by atoms with Crippen molar-refractivity contribution in [3.8, 4) is 11.5 Å². The highest BCUT2D eigenvalue weighted by molar-refractivity contribution is 5.44. The van der Waals surface area contributed by atoms with Gasteiger partial charge in [-0.2, -0.15) is 4.98 Å². The standard InChI is InChI=1S/C23H28N4O2/c1-16-12-22(26-17(2)19-8-6-5-7-9-19)27-23(25-16)24-11-10-18-13-20(28-3)15-21(14-18)29-4/h5-9,12-15,17H,10-11H2,1-4H3,(H2,24,25,26,27)/t17-/m0/s1. The third-order valence-electron chi connectivity index (χ3n) is 4.63. The molecule has 6 nitrogen and oxygen atoms in total. The summed E-state index contributed by atoms with van der Waals surface area (Å²) >= 11 is 0. The number of hydrogen-bond donors (Lipinski definition) is 2. The van der Waals surface area contributed by atoms with E-state index in [1.54, 1.807) is 14.2 Å². The van der Waals surface area contributed by atoms with E-state index in [2.05, 4.69) is 39.7 Å². The van der Waals surface area contributed by atoms with Gasteiger partial charge < -0.3 is 20.1 Å². The van der Waals surface area contributed by atoms with Gasteiger partial charge in [-0.25, -0.2) is 4.98 Å². The minimum atomic E-state index is 0.155. The van der Waals surface area contributed by atoms with Crippen molar-refractivity contribution in [2.75, 3.05) is 31.4 Å². The molecule has 0 fully saturated rings. The number of anilines is 2. The molecule has 0 saturated carbocycles. The van der Waals surface area contributed by atoms with Crippen LogP contribution in [0.2, 0.25) is 0 Å². The van der Waals surface area contributed by atoms with Crippen LogP contribution in [0.15, 0.2) is 54.6 Å². The normalized spacial score (nSPS) is 11.6. The zero-order chi connectivity index (χ0) is 20.6. The van der Waals surface area contributed by atoms with E-state index in [-0.39, 0.29) is 6.04 Å². The molecule has 0 aliphatic heterocycles. The maximum Gasteiger partial charge on any atom is 0.224 e. The van der Waals surface area contributed by atoms with Crippen molar-refractivity contribution in [2.24, 2.45) is 0 Å². The van der Waals surface area contributed by atoms with Gasteiger partial charge in [-0.05, 0) is 43.5 Å². The number of ether oxygens (including phenoxy) is 2. The fourth-order valence-corrected chi connectivity index (χ4v) is 3.10. The van der Waals surface area contributed by atoms with E-state index < -0.39 is 0 Å². The number of nitrogens with one attached hydrogen (secondary N) is 2. The Balaban J connectivity index is 1.63. The molecule has 1 heterocycles. The second-order valence-corrected chi connectivity index (χ2v) is 6.89. The molecule has 0 aliphatic rings. The number of hydrogen-bond acceptors (Lipinski definition) is 6. The zero-order valence-electron chi connectivity index (χ0n) is 17.4. The summed E-state index contributed by atoms with van der Waals surface area (Å²) in [4.78, 5) is 9.12. The summed E-state index contributed by atoms with van der Waals surface area (Å²) in [5.74, 6) is 2.99. The second kappa shape index (κ2) is 9.78. The fraction of sp³-hybridized carbons (Fsp3) is 0.304. The molecule has 152 valence electrons. The predicted octanol–water partition coefficient (Wildman–Crippen LogP) is 4.63. The van der Waals surface area contributed by atoms with Crippen molar-refractivity contribution in [1.29, 1.82) is 0 Å². The Labute approximate surface area is 172 Å². The first-order valence-corrected chi connectivity index (χ1v) is 9.70. The summed E-state index contributed by atoms with van der Waals surface area (Å²) in [6, 6.07) is 18.3. The van der Waals surface area contributed by atoms with Gasteiger partial charge in [-0.3, -0.25) is 0 Å². The van der Waals surface area contributed by atoms with E-state index in [1.807, 2.05) is 49.4 Å². The van der Waals surface area contributed by atoms with Crippen molar-refractivity contribution in [1.82, 2.24) is 9.97 Å². The average molecular weight is 393 g/mol. The molecule has 0 aliphatic carbocycles. The van der Waals surface area contributed by atoms with Gasteiger partial charge in [0, 0.05) is 30.4 Å². The Morgan fingerprint density at radius 2 is 1.62 bits per heavy atom. The van der Waals surface area contributed by atoms with Gasteiger partial charge in [0.1, 0.15) is 17.3 Å². The third kappa shape index (κ3) is 5.85. The molecule has 29 heavy (non-hydrogen) atoms. The van der Waals surface area contributed by atoms with Crippen LogP contribution >= 0.6 is 0 Å². The average Bonchev–Trinajstić information content (AvgIpc) is 2.73. The Morgan fingerprint density at radius 1 is 0.931 bits per heavy atom. The van der Waals surface area contributed by atoms with Gasteiger partial charge in [0.25, 0.3) is 0 Å².